The second-order valence-corrected chi connectivity index (χ2v) is 0.316. The molecule has 0 rings (SSSR count). The maximum atomic E-state index is 8.57. The third kappa shape index (κ3) is 57.4. The Bertz CT molecular complexity index is 15.0. The Morgan fingerprint density at radius 2 is 1.33 bits per heavy atom. The van der Waals surface area contributed by atoms with Crippen molar-refractivity contribution in [2.75, 3.05) is 0 Å². The predicted octanol–water partition coefficient (Wildman–Crippen LogP) is -1.79. The van der Waals surface area contributed by atoms with Crippen LogP contribution in [0.25, 0.3) is 0 Å². The van der Waals surface area contributed by atoms with Gasteiger partial charge in [0.25, 0.3) is 0 Å². The van der Waals surface area contributed by atoms with Crippen molar-refractivity contribution in [2.24, 2.45) is 0 Å². The SMILES string of the molecule is [Ca+2].[OH-].[OH-].[O]=[Al][OH]. The van der Waals surface area contributed by atoms with Crippen LogP contribution in [0.4, 0.5) is 0 Å². The molecule has 0 unspecified atom stereocenters. The van der Waals surface area contributed by atoms with Crippen molar-refractivity contribution in [3.63, 3.8) is 0 Å². The summed E-state index contributed by atoms with van der Waals surface area (Å²) in [5, 5.41) is 0. The zero-order valence-electron chi connectivity index (χ0n) is 3.03. The van der Waals surface area contributed by atoms with Gasteiger partial charge in [-0.3, -0.25) is 0 Å². The van der Waals surface area contributed by atoms with Gasteiger partial charge in [0.2, 0.25) is 0 Å². The van der Waals surface area contributed by atoms with E-state index in [2.05, 4.69) is 0 Å². The van der Waals surface area contributed by atoms with E-state index in [1.165, 1.54) is 0 Å². The summed E-state index contributed by atoms with van der Waals surface area (Å²) in [4.78, 5) is 0. The molecule has 0 aromatic rings. The van der Waals surface area contributed by atoms with E-state index in [4.69, 9.17) is 7.96 Å². The molecule has 6 heteroatoms. The first-order valence-electron chi connectivity index (χ1n) is 0.494. The Hall–Kier alpha value is 1.31. The molecule has 0 amide bonds. The number of hydrogen-bond acceptors (Lipinski definition) is 3. The summed E-state index contributed by atoms with van der Waals surface area (Å²) in [6.45, 7) is 0. The van der Waals surface area contributed by atoms with Gasteiger partial charge in [-0.15, -0.1) is 0 Å². The topological polar surface area (TPSA) is 97.3 Å². The molecule has 32 valence electrons. The molecule has 3 N–H and O–H groups in total. The molecule has 0 aliphatic rings. The van der Waals surface area contributed by atoms with Crippen LogP contribution in [0.1, 0.15) is 0 Å². The fourth-order valence-electron chi connectivity index (χ4n) is 0. The van der Waals surface area contributed by atoms with Crippen LogP contribution in [-0.4, -0.2) is 68.3 Å². The number of rotatable bonds is 0. The van der Waals surface area contributed by atoms with Crippen LogP contribution < -0.4 is 0 Å². The monoisotopic (exact) mass is 134 g/mol. The molecule has 0 aromatic carbocycles. The first-order valence-corrected chi connectivity index (χ1v) is 1.48. The Kier molecular flexibility index (Phi) is 147. The summed E-state index contributed by atoms with van der Waals surface area (Å²) in [6.07, 6.45) is 0. The van der Waals surface area contributed by atoms with Gasteiger partial charge in [-0.2, -0.15) is 0 Å². The molecule has 0 heterocycles. The van der Waals surface area contributed by atoms with E-state index in [0.29, 0.717) is 0 Å². The van der Waals surface area contributed by atoms with Crippen molar-refractivity contribution < 1.29 is 18.9 Å². The van der Waals surface area contributed by atoms with Gasteiger partial charge in [0.15, 0.2) is 0 Å². The summed E-state index contributed by atoms with van der Waals surface area (Å²) in [7, 11) is 0. The minimum atomic E-state index is -1.50. The fraction of sp³-hybridized carbons (Fsp3) is 0. The molecule has 0 saturated heterocycles. The zero-order valence-corrected chi connectivity index (χ0v) is 6.40. The second kappa shape index (κ2) is 33.3. The molecule has 0 radical (unpaired) electrons. The summed E-state index contributed by atoms with van der Waals surface area (Å²) >= 11 is -1.50. The van der Waals surface area contributed by atoms with Crippen molar-refractivity contribution in [3.05, 3.63) is 0 Å². The van der Waals surface area contributed by atoms with E-state index < -0.39 is 15.5 Å². The van der Waals surface area contributed by atoms with Gasteiger partial charge in [0.05, 0.1) is 0 Å². The molecule has 0 saturated carbocycles. The van der Waals surface area contributed by atoms with Crippen LogP contribution in [0.3, 0.4) is 0 Å². The van der Waals surface area contributed by atoms with Gasteiger partial charge in [-0.05, 0) is 0 Å². The third-order valence-electron chi connectivity index (χ3n) is 0. The normalized spacial score (nSPS) is 1.33. The molecule has 0 bridgehead atoms. The first kappa shape index (κ1) is 26.6. The quantitative estimate of drug-likeness (QED) is 0.395. The predicted molar refractivity (Wildman–Crippen MR) is 18.3 cm³/mol. The molecule has 0 atom stereocenters. The van der Waals surface area contributed by atoms with Gasteiger partial charge >= 0.3 is 61.2 Å². The van der Waals surface area contributed by atoms with Crippen LogP contribution in [0.2, 0.25) is 0 Å². The van der Waals surface area contributed by atoms with E-state index in [0.717, 1.165) is 0 Å². The first-order chi connectivity index (χ1) is 1.41. The molecule has 0 aliphatic carbocycles. The molecule has 4 nitrogen and oxygen atoms in total. The van der Waals surface area contributed by atoms with Crippen molar-refractivity contribution >= 4 is 53.2 Å². The van der Waals surface area contributed by atoms with E-state index in [-0.39, 0.29) is 48.7 Å². The molecule has 0 aromatic heterocycles. The van der Waals surface area contributed by atoms with Crippen LogP contribution in [0.15, 0.2) is 0 Å². The Morgan fingerprint density at radius 3 is 1.33 bits per heavy atom. The van der Waals surface area contributed by atoms with Gasteiger partial charge in [0.1, 0.15) is 0 Å². The summed E-state index contributed by atoms with van der Waals surface area (Å²) in [6, 6.07) is 0. The zero-order chi connectivity index (χ0) is 2.71. The summed E-state index contributed by atoms with van der Waals surface area (Å²) < 4.78 is 15.7. The molecular weight excluding hydrogens is 131 g/mol. The molecule has 0 spiro atoms. The van der Waals surface area contributed by atoms with Crippen molar-refractivity contribution in [1.29, 1.82) is 0 Å². The number of hydrogen-bond donors (Lipinski definition) is 1. The van der Waals surface area contributed by atoms with Gasteiger partial charge < -0.3 is 11.0 Å². The molecule has 0 fully saturated rings. The van der Waals surface area contributed by atoms with Crippen molar-refractivity contribution in [1.82, 2.24) is 0 Å². The van der Waals surface area contributed by atoms with Crippen molar-refractivity contribution in [2.45, 2.75) is 0 Å². The average molecular weight is 134 g/mol. The van der Waals surface area contributed by atoms with Crippen molar-refractivity contribution in [3.8, 4) is 0 Å². The van der Waals surface area contributed by atoms with Gasteiger partial charge in [-0.25, -0.2) is 0 Å². The van der Waals surface area contributed by atoms with E-state index in [9.17, 15) is 0 Å². The van der Waals surface area contributed by atoms with E-state index in [1.54, 1.807) is 0 Å². The molecule has 6 heavy (non-hydrogen) atoms. The van der Waals surface area contributed by atoms with E-state index >= 15 is 0 Å². The van der Waals surface area contributed by atoms with E-state index in [1.807, 2.05) is 0 Å². The Labute approximate surface area is 71.4 Å². The summed E-state index contributed by atoms with van der Waals surface area (Å²) in [5.41, 5.74) is 0. The maximum absolute atomic E-state index is 8.57. The van der Waals surface area contributed by atoms with Crippen LogP contribution in [0, 0.1) is 0 Å². The summed E-state index contributed by atoms with van der Waals surface area (Å²) in [5.74, 6) is 0. The minimum absolute atomic E-state index is 0. The van der Waals surface area contributed by atoms with Crippen LogP contribution >= 0.6 is 0 Å². The second-order valence-electron chi connectivity index (χ2n) is 0.105. The van der Waals surface area contributed by atoms with Crippen LogP contribution in [0.5, 0.6) is 0 Å². The van der Waals surface area contributed by atoms with Gasteiger partial charge in [0, 0.05) is 0 Å². The fourth-order valence-corrected chi connectivity index (χ4v) is 0. The van der Waals surface area contributed by atoms with Crippen LogP contribution in [-0.2, 0) is 3.80 Å². The Morgan fingerprint density at radius 1 is 1.33 bits per heavy atom. The van der Waals surface area contributed by atoms with Gasteiger partial charge in [-0.1, -0.05) is 0 Å². The average Bonchev–Trinajstić information content (AvgIpc) is 0.918. The molecule has 0 aliphatic heterocycles. The molecular formula is H3AlCaO4. The standard InChI is InChI=1S/Al.Ca.3H2O.O/h;;3*1H2;/q+1;+2;;;;/p-3. The third-order valence-corrected chi connectivity index (χ3v) is 0. The Balaban J connectivity index is -0.00000000667.